The van der Waals surface area contributed by atoms with Gasteiger partial charge in [0, 0.05) is 37.1 Å². The molecule has 5 aromatic rings. The lowest BCUT2D eigenvalue weighted by Crippen LogP contribution is -2.31. The van der Waals surface area contributed by atoms with Crippen molar-refractivity contribution in [3.05, 3.63) is 119 Å². The van der Waals surface area contributed by atoms with Gasteiger partial charge in [0.15, 0.2) is 6.29 Å². The van der Waals surface area contributed by atoms with E-state index in [2.05, 4.69) is 33.0 Å². The van der Waals surface area contributed by atoms with Crippen LogP contribution >= 0.6 is 11.8 Å². The number of aromatic nitrogens is 4. The minimum absolute atomic E-state index is 0.0386. The number of aliphatic carboxylic acids is 1. The Balaban J connectivity index is 1.15. The minimum Gasteiger partial charge on any atom is -0.508 e. The van der Waals surface area contributed by atoms with Gasteiger partial charge in [-0.1, -0.05) is 78.8 Å². The number of hydrogen-bond donors (Lipinski definition) is 4. The van der Waals surface area contributed by atoms with Gasteiger partial charge in [0.25, 0.3) is 0 Å². The normalized spacial score (nSPS) is 17.1. The Morgan fingerprint density at radius 3 is 2.37 bits per heavy atom. The second-order valence-corrected chi connectivity index (χ2v) is 13.6. The highest BCUT2D eigenvalue weighted by Gasteiger charge is 2.33. The molecule has 1 aromatic heterocycles. The predicted molar refractivity (Wildman–Crippen MR) is 194 cm³/mol. The lowest BCUT2D eigenvalue weighted by Gasteiger charge is -2.36. The van der Waals surface area contributed by atoms with Crippen molar-refractivity contribution in [1.82, 2.24) is 25.5 Å². The van der Waals surface area contributed by atoms with Crippen LogP contribution in [0.3, 0.4) is 0 Å². The molecule has 2 heterocycles. The summed E-state index contributed by atoms with van der Waals surface area (Å²) in [5.74, 6) is -0.157. The van der Waals surface area contributed by atoms with Crippen LogP contribution < -0.4 is 5.32 Å². The molecule has 1 saturated heterocycles. The average molecular weight is 724 g/mol. The summed E-state index contributed by atoms with van der Waals surface area (Å²) in [6.07, 6.45) is 1.88. The molecule has 0 bridgehead atoms. The number of phenolic OH excluding ortho intramolecular Hbond substituents is 1. The zero-order valence-electron chi connectivity index (χ0n) is 28.5. The molecule has 1 aliphatic rings. The quantitative estimate of drug-likeness (QED) is 0.0646. The van der Waals surface area contributed by atoms with E-state index in [1.807, 2.05) is 60.7 Å². The molecule has 0 saturated carbocycles. The molecular weight excluding hydrogens is 683 g/mol. The maximum atomic E-state index is 12.4. The van der Waals surface area contributed by atoms with Crippen molar-refractivity contribution in [3.8, 4) is 22.6 Å². The van der Waals surface area contributed by atoms with Crippen LogP contribution in [0.15, 0.2) is 102 Å². The summed E-state index contributed by atoms with van der Waals surface area (Å²) < 4.78 is 14.8. The van der Waals surface area contributed by atoms with Gasteiger partial charge in [0.05, 0.1) is 24.5 Å². The third-order valence-electron chi connectivity index (χ3n) is 8.75. The molecule has 0 aliphatic carbocycles. The number of nitrogens with one attached hydrogen (secondary N) is 1. The van der Waals surface area contributed by atoms with E-state index in [1.165, 1.54) is 11.8 Å². The SMILES string of the molecule is O=C(O)CCCCCC(=O)NCc1cccc(-c2cccc(C3OC(CSc4nnnn4-c4ccc(O)cc4)CC(c4ccc(CO)cc4)O3)c2)c1. The van der Waals surface area contributed by atoms with E-state index >= 15 is 0 Å². The summed E-state index contributed by atoms with van der Waals surface area (Å²) in [6, 6.07) is 30.5. The number of carboxylic acid groups (broad SMARTS) is 1. The summed E-state index contributed by atoms with van der Waals surface area (Å²) in [5, 5.41) is 43.9. The largest absolute Gasteiger partial charge is 0.508 e. The fourth-order valence-corrected chi connectivity index (χ4v) is 6.88. The van der Waals surface area contributed by atoms with E-state index < -0.39 is 12.3 Å². The van der Waals surface area contributed by atoms with Crippen LogP contribution in [0.5, 0.6) is 5.75 Å². The number of aromatic hydroxyl groups is 1. The Kier molecular flexibility index (Phi) is 12.6. The van der Waals surface area contributed by atoms with Gasteiger partial charge >= 0.3 is 5.97 Å². The molecule has 12 nitrogen and oxygen atoms in total. The standard InChI is InChI=1S/C39H41N5O7S/c45-24-26-12-14-28(15-13-26)35-22-34(25-52-39-41-42-43-44(39)32-16-18-33(46)19-17-32)50-38(51-35)31-9-5-8-30(21-31)29-7-4-6-27(20-29)23-40-36(47)10-2-1-3-11-37(48)49/h4-9,12-21,34-35,38,45-46H,1-3,10-11,22-25H2,(H,40,47)(H,48,49). The predicted octanol–water partition coefficient (Wildman–Crippen LogP) is 6.52. The highest BCUT2D eigenvalue weighted by molar-refractivity contribution is 7.99. The first-order valence-electron chi connectivity index (χ1n) is 17.2. The third-order valence-corrected chi connectivity index (χ3v) is 9.80. The van der Waals surface area contributed by atoms with E-state index in [1.54, 1.807) is 28.9 Å². The van der Waals surface area contributed by atoms with Crippen LogP contribution in [0.1, 0.15) is 73.2 Å². The number of amides is 1. The van der Waals surface area contributed by atoms with Crippen LogP contribution in [-0.2, 0) is 32.2 Å². The highest BCUT2D eigenvalue weighted by atomic mass is 32.2. The number of tetrazole rings is 1. The monoisotopic (exact) mass is 723 g/mol. The zero-order chi connectivity index (χ0) is 36.3. The second kappa shape index (κ2) is 17.9. The molecule has 3 unspecified atom stereocenters. The third kappa shape index (κ3) is 10.0. The number of thioether (sulfide) groups is 1. The molecule has 4 aromatic carbocycles. The van der Waals surface area contributed by atoms with Crippen molar-refractivity contribution in [3.63, 3.8) is 0 Å². The minimum atomic E-state index is -0.814. The zero-order valence-corrected chi connectivity index (χ0v) is 29.3. The Labute approximate surface area is 305 Å². The summed E-state index contributed by atoms with van der Waals surface area (Å²) in [6.45, 7) is 0.353. The maximum absolute atomic E-state index is 12.4. The number of hydrogen-bond acceptors (Lipinski definition) is 10. The molecular formula is C39H41N5O7S. The molecule has 13 heteroatoms. The number of aliphatic hydroxyl groups excluding tert-OH is 1. The summed E-state index contributed by atoms with van der Waals surface area (Å²) in [4.78, 5) is 23.1. The number of unbranched alkanes of at least 4 members (excludes halogenated alkanes) is 2. The second-order valence-electron chi connectivity index (χ2n) is 12.6. The number of aliphatic hydroxyl groups is 1. The first-order chi connectivity index (χ1) is 25.3. The number of carbonyl (C=O) groups is 2. The van der Waals surface area contributed by atoms with Crippen molar-refractivity contribution >= 4 is 23.6 Å². The van der Waals surface area contributed by atoms with Gasteiger partial charge in [0.1, 0.15) is 5.75 Å². The lowest BCUT2D eigenvalue weighted by molar-refractivity contribution is -0.245. The van der Waals surface area contributed by atoms with E-state index in [0.717, 1.165) is 39.1 Å². The fraction of sp³-hybridized carbons (Fsp3) is 0.308. The van der Waals surface area contributed by atoms with Crippen molar-refractivity contribution < 1.29 is 34.4 Å². The van der Waals surface area contributed by atoms with Crippen molar-refractivity contribution in [2.45, 2.75) is 75.3 Å². The molecule has 0 spiro atoms. The van der Waals surface area contributed by atoms with E-state index in [9.17, 15) is 19.8 Å². The average Bonchev–Trinajstić information content (AvgIpc) is 3.65. The first-order valence-corrected chi connectivity index (χ1v) is 18.2. The molecule has 6 rings (SSSR count). The Bertz CT molecular complexity index is 1940. The number of carboxylic acids is 1. The van der Waals surface area contributed by atoms with Gasteiger partial charge in [-0.3, -0.25) is 9.59 Å². The lowest BCUT2D eigenvalue weighted by atomic mass is 9.99. The van der Waals surface area contributed by atoms with Gasteiger partial charge in [-0.25, -0.2) is 0 Å². The van der Waals surface area contributed by atoms with Gasteiger partial charge in [-0.2, -0.15) is 4.68 Å². The van der Waals surface area contributed by atoms with Crippen LogP contribution in [0.25, 0.3) is 16.8 Å². The molecule has 1 amide bonds. The fourth-order valence-electron chi connectivity index (χ4n) is 5.97. The number of carbonyl (C=O) groups excluding carboxylic acids is 1. The van der Waals surface area contributed by atoms with Crippen LogP contribution in [0, 0.1) is 0 Å². The van der Waals surface area contributed by atoms with E-state index in [-0.39, 0.29) is 36.9 Å². The molecule has 1 fully saturated rings. The van der Waals surface area contributed by atoms with Crippen molar-refractivity contribution in [2.75, 3.05) is 5.75 Å². The number of phenols is 1. The van der Waals surface area contributed by atoms with Crippen molar-refractivity contribution in [1.29, 1.82) is 0 Å². The van der Waals surface area contributed by atoms with Crippen LogP contribution in [-0.4, -0.2) is 59.3 Å². The van der Waals surface area contributed by atoms with Gasteiger partial charge in [0.2, 0.25) is 11.1 Å². The Morgan fingerprint density at radius 1 is 0.846 bits per heavy atom. The van der Waals surface area contributed by atoms with E-state index in [4.69, 9.17) is 14.6 Å². The molecule has 3 atom stereocenters. The van der Waals surface area contributed by atoms with E-state index in [0.29, 0.717) is 49.6 Å². The number of benzene rings is 4. The summed E-state index contributed by atoms with van der Waals surface area (Å²) in [5.41, 5.74) is 6.33. The Morgan fingerprint density at radius 2 is 1.60 bits per heavy atom. The molecule has 52 heavy (non-hydrogen) atoms. The number of ether oxygens (including phenoxy) is 2. The van der Waals surface area contributed by atoms with Crippen LogP contribution in [0.4, 0.5) is 0 Å². The molecule has 0 radical (unpaired) electrons. The number of rotatable bonds is 16. The van der Waals surface area contributed by atoms with Crippen LogP contribution in [0.2, 0.25) is 0 Å². The topological polar surface area (TPSA) is 169 Å². The summed E-state index contributed by atoms with van der Waals surface area (Å²) in [7, 11) is 0. The van der Waals surface area contributed by atoms with Gasteiger partial charge < -0.3 is 30.1 Å². The highest BCUT2D eigenvalue weighted by Crippen LogP contribution is 2.40. The number of nitrogens with zero attached hydrogens (tertiary/aromatic N) is 4. The molecule has 1 aliphatic heterocycles. The van der Waals surface area contributed by atoms with Crippen molar-refractivity contribution in [2.24, 2.45) is 0 Å². The molecule has 4 N–H and O–H groups in total. The van der Waals surface area contributed by atoms with Gasteiger partial charge in [-0.15, -0.1) is 5.10 Å². The summed E-state index contributed by atoms with van der Waals surface area (Å²) >= 11 is 1.47. The van der Waals surface area contributed by atoms with Gasteiger partial charge in [-0.05, 0) is 87.5 Å². The maximum Gasteiger partial charge on any atom is 0.303 e. The Hall–Kier alpha value is -5.08. The smallest absolute Gasteiger partial charge is 0.303 e. The molecule has 270 valence electrons. The first kappa shape index (κ1) is 36.7.